The van der Waals surface area contributed by atoms with Crippen molar-refractivity contribution in [2.24, 2.45) is 5.73 Å². The summed E-state index contributed by atoms with van der Waals surface area (Å²) in [6.45, 7) is 2.07. The molecule has 3 heteroatoms. The first-order valence-electron chi connectivity index (χ1n) is 8.14. The van der Waals surface area contributed by atoms with Gasteiger partial charge in [0.25, 0.3) is 0 Å². The van der Waals surface area contributed by atoms with Crippen LogP contribution < -0.4 is 5.73 Å². The largest absolute Gasteiger partial charge is 0.326 e. The smallest absolute Gasteiger partial charge is 0.0441 e. The van der Waals surface area contributed by atoms with Gasteiger partial charge in [-0.2, -0.15) is 0 Å². The van der Waals surface area contributed by atoms with Crippen molar-refractivity contribution in [3.05, 3.63) is 34.3 Å². The Balaban J connectivity index is 2.20. The first-order chi connectivity index (χ1) is 9.95. The van der Waals surface area contributed by atoms with Crippen LogP contribution in [0.15, 0.2) is 18.2 Å². The van der Waals surface area contributed by atoms with Gasteiger partial charge in [0.15, 0.2) is 0 Å². The summed E-state index contributed by atoms with van der Waals surface area (Å²) in [5.74, 6) is 0. The second kappa shape index (κ2) is 7.13. The van der Waals surface area contributed by atoms with Crippen molar-refractivity contribution in [1.82, 2.24) is 4.90 Å². The summed E-state index contributed by atoms with van der Waals surface area (Å²) < 4.78 is 0. The fourth-order valence-corrected chi connectivity index (χ4v) is 4.05. The van der Waals surface area contributed by atoms with Gasteiger partial charge < -0.3 is 10.6 Å². The highest BCUT2D eigenvalue weighted by molar-refractivity contribution is 6.31. The van der Waals surface area contributed by atoms with Gasteiger partial charge in [0.2, 0.25) is 0 Å². The molecular weight excluding hydrogens is 280 g/mol. The highest BCUT2D eigenvalue weighted by Gasteiger charge is 2.39. The lowest BCUT2D eigenvalue weighted by Gasteiger charge is -2.44. The number of nitrogens with two attached hydrogens (primary N) is 1. The molecule has 0 aromatic heterocycles. The number of benzene rings is 1. The SMILES string of the molecule is Cc1ccc(CC(N)C2(N(C)C)CCCCCC2)c(Cl)c1. The van der Waals surface area contributed by atoms with Crippen LogP contribution in [0.1, 0.15) is 49.7 Å². The molecule has 0 heterocycles. The lowest BCUT2D eigenvalue weighted by Crippen LogP contribution is -2.58. The molecular formula is C18H29ClN2. The molecule has 1 fully saturated rings. The molecule has 2 N–H and O–H groups in total. The Labute approximate surface area is 134 Å². The number of aryl methyl sites for hydroxylation is 1. The van der Waals surface area contributed by atoms with Crippen molar-refractivity contribution in [3.63, 3.8) is 0 Å². The molecule has 0 bridgehead atoms. The number of hydrogen-bond donors (Lipinski definition) is 1. The molecule has 0 spiro atoms. The molecule has 1 aromatic carbocycles. The summed E-state index contributed by atoms with van der Waals surface area (Å²) >= 11 is 6.40. The fourth-order valence-electron chi connectivity index (χ4n) is 3.74. The van der Waals surface area contributed by atoms with Crippen molar-refractivity contribution in [2.45, 2.75) is 63.5 Å². The highest BCUT2D eigenvalue weighted by atomic mass is 35.5. The van der Waals surface area contributed by atoms with Crippen LogP contribution in [0, 0.1) is 6.92 Å². The molecule has 1 unspecified atom stereocenters. The van der Waals surface area contributed by atoms with Gasteiger partial charge in [0.05, 0.1) is 0 Å². The van der Waals surface area contributed by atoms with Crippen molar-refractivity contribution >= 4 is 11.6 Å². The topological polar surface area (TPSA) is 29.3 Å². The molecule has 0 saturated heterocycles. The summed E-state index contributed by atoms with van der Waals surface area (Å²) in [6.07, 6.45) is 8.51. The lowest BCUT2D eigenvalue weighted by molar-refractivity contribution is 0.0968. The summed E-state index contributed by atoms with van der Waals surface area (Å²) in [5.41, 5.74) is 9.19. The van der Waals surface area contributed by atoms with Crippen LogP contribution in [0.25, 0.3) is 0 Å². The maximum atomic E-state index is 6.69. The van der Waals surface area contributed by atoms with Gasteiger partial charge in [-0.25, -0.2) is 0 Å². The minimum atomic E-state index is 0.116. The zero-order valence-corrected chi connectivity index (χ0v) is 14.4. The predicted molar refractivity (Wildman–Crippen MR) is 92.0 cm³/mol. The van der Waals surface area contributed by atoms with Crippen molar-refractivity contribution < 1.29 is 0 Å². The molecule has 1 saturated carbocycles. The maximum Gasteiger partial charge on any atom is 0.0441 e. The van der Waals surface area contributed by atoms with Crippen LogP contribution in [0.5, 0.6) is 0 Å². The van der Waals surface area contributed by atoms with E-state index in [9.17, 15) is 0 Å². The van der Waals surface area contributed by atoms with E-state index in [1.54, 1.807) is 0 Å². The van der Waals surface area contributed by atoms with E-state index >= 15 is 0 Å². The fraction of sp³-hybridized carbons (Fsp3) is 0.667. The average Bonchev–Trinajstić information content (AvgIpc) is 2.68. The second-order valence-electron chi connectivity index (χ2n) is 6.82. The average molecular weight is 309 g/mol. The van der Waals surface area contributed by atoms with E-state index in [4.69, 9.17) is 17.3 Å². The van der Waals surface area contributed by atoms with Crippen molar-refractivity contribution in [2.75, 3.05) is 14.1 Å². The first-order valence-corrected chi connectivity index (χ1v) is 8.51. The van der Waals surface area contributed by atoms with E-state index in [0.29, 0.717) is 0 Å². The summed E-state index contributed by atoms with van der Waals surface area (Å²) in [4.78, 5) is 2.37. The molecule has 2 rings (SSSR count). The number of nitrogens with zero attached hydrogens (tertiary/aromatic N) is 1. The Kier molecular flexibility index (Phi) is 5.70. The zero-order chi connectivity index (χ0) is 15.5. The monoisotopic (exact) mass is 308 g/mol. The van der Waals surface area contributed by atoms with Crippen LogP contribution in [0.4, 0.5) is 0 Å². The third-order valence-electron chi connectivity index (χ3n) is 5.20. The maximum absolute atomic E-state index is 6.69. The predicted octanol–water partition coefficient (Wildman–Crippen LogP) is 4.17. The Hall–Kier alpha value is -0.570. The molecule has 1 aromatic rings. The highest BCUT2D eigenvalue weighted by Crippen LogP contribution is 2.35. The van der Waals surface area contributed by atoms with Crippen molar-refractivity contribution in [3.8, 4) is 0 Å². The number of halogens is 1. The molecule has 0 aliphatic heterocycles. The van der Waals surface area contributed by atoms with E-state index in [-0.39, 0.29) is 11.6 Å². The number of hydrogen-bond acceptors (Lipinski definition) is 2. The normalized spacial score (nSPS) is 20.3. The van der Waals surface area contributed by atoms with Gasteiger partial charge in [-0.1, -0.05) is 49.4 Å². The Morgan fingerprint density at radius 3 is 2.33 bits per heavy atom. The Morgan fingerprint density at radius 2 is 1.81 bits per heavy atom. The summed E-state index contributed by atoms with van der Waals surface area (Å²) in [6, 6.07) is 6.44. The van der Waals surface area contributed by atoms with Gasteiger partial charge in [-0.3, -0.25) is 0 Å². The van der Waals surface area contributed by atoms with Crippen LogP contribution in [0.2, 0.25) is 5.02 Å². The van der Waals surface area contributed by atoms with E-state index in [1.807, 2.05) is 6.07 Å². The molecule has 21 heavy (non-hydrogen) atoms. The summed E-state index contributed by atoms with van der Waals surface area (Å²) in [5, 5.41) is 0.855. The van der Waals surface area contributed by atoms with E-state index in [2.05, 4.69) is 38.1 Å². The van der Waals surface area contributed by atoms with Gasteiger partial charge >= 0.3 is 0 Å². The molecule has 1 atom stereocenters. The molecule has 0 radical (unpaired) electrons. The van der Waals surface area contributed by atoms with Crippen LogP contribution in [0.3, 0.4) is 0 Å². The second-order valence-corrected chi connectivity index (χ2v) is 7.22. The Morgan fingerprint density at radius 1 is 1.19 bits per heavy atom. The van der Waals surface area contributed by atoms with Gasteiger partial charge in [-0.15, -0.1) is 0 Å². The minimum absolute atomic E-state index is 0.116. The standard InChI is InChI=1S/C18H29ClN2/c1-14-8-9-15(16(19)12-14)13-17(20)18(21(2)3)10-6-4-5-7-11-18/h8-9,12,17H,4-7,10-11,13,20H2,1-3H3. The Bertz CT molecular complexity index is 462. The number of likely N-dealkylation sites (N-methyl/N-ethyl adjacent to an activating group) is 1. The van der Waals surface area contributed by atoms with Crippen LogP contribution in [-0.4, -0.2) is 30.6 Å². The summed E-state index contributed by atoms with van der Waals surface area (Å²) in [7, 11) is 4.36. The van der Waals surface area contributed by atoms with E-state index in [0.717, 1.165) is 11.4 Å². The number of rotatable bonds is 4. The molecule has 1 aliphatic rings. The molecule has 1 aliphatic carbocycles. The third-order valence-corrected chi connectivity index (χ3v) is 5.55. The van der Waals surface area contributed by atoms with Crippen LogP contribution >= 0.6 is 11.6 Å². The van der Waals surface area contributed by atoms with Gasteiger partial charge in [-0.05, 0) is 57.5 Å². The molecule has 0 amide bonds. The molecule has 118 valence electrons. The van der Waals surface area contributed by atoms with Gasteiger partial charge in [0.1, 0.15) is 0 Å². The lowest BCUT2D eigenvalue weighted by atomic mass is 9.79. The first kappa shape index (κ1) is 16.8. The quantitative estimate of drug-likeness (QED) is 0.846. The van der Waals surface area contributed by atoms with E-state index < -0.39 is 0 Å². The van der Waals surface area contributed by atoms with Gasteiger partial charge in [0, 0.05) is 16.6 Å². The van der Waals surface area contributed by atoms with Crippen molar-refractivity contribution in [1.29, 1.82) is 0 Å². The molecule has 2 nitrogen and oxygen atoms in total. The zero-order valence-electron chi connectivity index (χ0n) is 13.7. The minimum Gasteiger partial charge on any atom is -0.326 e. The third kappa shape index (κ3) is 3.80. The van der Waals surface area contributed by atoms with E-state index in [1.165, 1.54) is 49.7 Å². The van der Waals surface area contributed by atoms with Crippen LogP contribution in [-0.2, 0) is 6.42 Å².